The van der Waals surface area contributed by atoms with Crippen LogP contribution in [0.5, 0.6) is 11.5 Å². The number of hydrogen-bond donors (Lipinski definition) is 2. The van der Waals surface area contributed by atoms with Crippen LogP contribution in [0.2, 0.25) is 0 Å². The zero-order chi connectivity index (χ0) is 18.0. The number of ether oxygens (including phenoxy) is 2. The Hall–Kier alpha value is -2.44. The summed E-state index contributed by atoms with van der Waals surface area (Å²) in [4.78, 5) is 25.9. The van der Waals surface area contributed by atoms with E-state index in [1.54, 1.807) is 4.90 Å². The van der Waals surface area contributed by atoms with Crippen LogP contribution in [-0.4, -0.2) is 48.7 Å². The van der Waals surface area contributed by atoms with Crippen molar-refractivity contribution in [2.45, 2.75) is 45.3 Å². The minimum atomic E-state index is -0.272. The fourth-order valence-corrected chi connectivity index (χ4v) is 3.16. The van der Waals surface area contributed by atoms with E-state index in [9.17, 15) is 9.59 Å². The van der Waals surface area contributed by atoms with E-state index in [2.05, 4.69) is 10.6 Å². The van der Waals surface area contributed by atoms with Crippen molar-refractivity contribution in [3.8, 4) is 11.5 Å². The van der Waals surface area contributed by atoms with Gasteiger partial charge in [-0.2, -0.15) is 0 Å². The molecule has 2 aliphatic rings. The summed E-state index contributed by atoms with van der Waals surface area (Å²) in [6, 6.07) is 5.20. The van der Waals surface area contributed by atoms with Gasteiger partial charge < -0.3 is 25.0 Å². The number of carbonyl (C=O) groups is 2. The molecule has 0 bridgehead atoms. The predicted octanol–water partition coefficient (Wildman–Crippen LogP) is 1.83. The highest BCUT2D eigenvalue weighted by Crippen LogP contribution is 2.32. The van der Waals surface area contributed by atoms with Crippen molar-refractivity contribution in [3.63, 3.8) is 0 Å². The average Bonchev–Trinajstić information content (AvgIpc) is 2.94. The molecule has 136 valence electrons. The number of likely N-dealkylation sites (tertiary alicyclic amines) is 1. The Morgan fingerprint density at radius 3 is 2.60 bits per heavy atom. The van der Waals surface area contributed by atoms with Crippen molar-refractivity contribution < 1.29 is 19.1 Å². The van der Waals surface area contributed by atoms with Crippen LogP contribution in [0.4, 0.5) is 4.79 Å². The first-order valence-corrected chi connectivity index (χ1v) is 8.70. The SMILES string of the molecule is CC(C)N1C[C@@H](NC(=O)N[C@@H](C)c2ccc3c(c2)OCCO3)CC1=O. The number of carbonyl (C=O) groups excluding carboxylic acids is 2. The van der Waals surface area contributed by atoms with Crippen molar-refractivity contribution in [3.05, 3.63) is 23.8 Å². The highest BCUT2D eigenvalue weighted by atomic mass is 16.6. The van der Waals surface area contributed by atoms with E-state index in [-0.39, 0.29) is 30.1 Å². The summed E-state index contributed by atoms with van der Waals surface area (Å²) in [6.07, 6.45) is 0.351. The molecule has 3 amide bonds. The van der Waals surface area contributed by atoms with Gasteiger partial charge in [-0.05, 0) is 38.5 Å². The fraction of sp³-hybridized carbons (Fsp3) is 0.556. The molecule has 0 saturated carbocycles. The van der Waals surface area contributed by atoms with Crippen LogP contribution in [0.25, 0.3) is 0 Å². The van der Waals surface area contributed by atoms with Gasteiger partial charge in [0.2, 0.25) is 5.91 Å². The summed E-state index contributed by atoms with van der Waals surface area (Å²) in [6.45, 7) is 7.50. The average molecular weight is 347 g/mol. The number of hydrogen-bond acceptors (Lipinski definition) is 4. The normalized spacial score (nSPS) is 20.6. The molecule has 7 nitrogen and oxygen atoms in total. The number of urea groups is 1. The van der Waals surface area contributed by atoms with Crippen LogP contribution in [-0.2, 0) is 4.79 Å². The number of fused-ring (bicyclic) bond motifs is 1. The number of rotatable bonds is 4. The Kier molecular flexibility index (Phi) is 5.01. The molecular weight excluding hydrogens is 322 g/mol. The lowest BCUT2D eigenvalue weighted by Crippen LogP contribution is -2.44. The topological polar surface area (TPSA) is 79.9 Å². The maximum atomic E-state index is 12.2. The van der Waals surface area contributed by atoms with Crippen LogP contribution >= 0.6 is 0 Å². The van der Waals surface area contributed by atoms with Crippen molar-refractivity contribution in [2.24, 2.45) is 0 Å². The minimum absolute atomic E-state index is 0.0835. The van der Waals surface area contributed by atoms with Gasteiger partial charge >= 0.3 is 6.03 Å². The summed E-state index contributed by atoms with van der Waals surface area (Å²) >= 11 is 0. The second-order valence-corrected chi connectivity index (χ2v) is 6.78. The van der Waals surface area contributed by atoms with Gasteiger partial charge in [-0.3, -0.25) is 4.79 Å². The van der Waals surface area contributed by atoms with E-state index in [0.717, 1.165) is 11.3 Å². The molecule has 0 aliphatic carbocycles. The molecule has 0 radical (unpaired) electrons. The fourth-order valence-electron chi connectivity index (χ4n) is 3.16. The Morgan fingerprint density at radius 2 is 1.92 bits per heavy atom. The molecule has 2 heterocycles. The van der Waals surface area contributed by atoms with E-state index < -0.39 is 0 Å². The number of nitrogens with zero attached hydrogens (tertiary/aromatic N) is 1. The van der Waals surface area contributed by atoms with Gasteiger partial charge in [0, 0.05) is 19.0 Å². The molecule has 3 rings (SSSR count). The summed E-state index contributed by atoms with van der Waals surface area (Å²) in [5.41, 5.74) is 0.936. The summed E-state index contributed by atoms with van der Waals surface area (Å²) in [5, 5.41) is 5.80. The largest absolute Gasteiger partial charge is 0.486 e. The zero-order valence-corrected chi connectivity index (χ0v) is 14.9. The highest BCUT2D eigenvalue weighted by molar-refractivity contribution is 5.82. The van der Waals surface area contributed by atoms with Gasteiger partial charge in [0.25, 0.3) is 0 Å². The Bertz CT molecular complexity index is 662. The quantitative estimate of drug-likeness (QED) is 0.871. The Morgan fingerprint density at radius 1 is 1.20 bits per heavy atom. The third kappa shape index (κ3) is 3.97. The van der Waals surface area contributed by atoms with Crippen LogP contribution in [0.3, 0.4) is 0 Å². The Labute approximate surface area is 147 Å². The third-order valence-electron chi connectivity index (χ3n) is 4.53. The molecule has 1 aromatic rings. The molecule has 0 unspecified atom stereocenters. The van der Waals surface area contributed by atoms with E-state index >= 15 is 0 Å². The molecule has 0 aromatic heterocycles. The molecule has 7 heteroatoms. The first-order chi connectivity index (χ1) is 11.9. The smallest absolute Gasteiger partial charge is 0.315 e. The maximum absolute atomic E-state index is 12.2. The summed E-state index contributed by atoms with van der Waals surface area (Å²) in [7, 11) is 0. The first-order valence-electron chi connectivity index (χ1n) is 8.70. The van der Waals surface area contributed by atoms with Gasteiger partial charge in [0.05, 0.1) is 12.1 Å². The Balaban J connectivity index is 1.55. The van der Waals surface area contributed by atoms with Crippen molar-refractivity contribution in [1.82, 2.24) is 15.5 Å². The van der Waals surface area contributed by atoms with Crippen LogP contribution in [0.1, 0.15) is 38.8 Å². The maximum Gasteiger partial charge on any atom is 0.315 e. The first kappa shape index (κ1) is 17.4. The molecule has 2 atom stereocenters. The summed E-state index contributed by atoms with van der Waals surface area (Å²) in [5.74, 6) is 1.51. The van der Waals surface area contributed by atoms with Crippen LogP contribution in [0, 0.1) is 0 Å². The molecule has 1 aromatic carbocycles. The minimum Gasteiger partial charge on any atom is -0.486 e. The van der Waals surface area contributed by atoms with Crippen molar-refractivity contribution in [2.75, 3.05) is 19.8 Å². The van der Waals surface area contributed by atoms with Crippen molar-refractivity contribution >= 4 is 11.9 Å². The lowest BCUT2D eigenvalue weighted by molar-refractivity contribution is -0.129. The number of benzene rings is 1. The van der Waals surface area contributed by atoms with E-state index in [0.29, 0.717) is 31.9 Å². The molecule has 25 heavy (non-hydrogen) atoms. The highest BCUT2D eigenvalue weighted by Gasteiger charge is 2.32. The van der Waals surface area contributed by atoms with E-state index in [4.69, 9.17) is 9.47 Å². The molecule has 0 spiro atoms. The van der Waals surface area contributed by atoms with Gasteiger partial charge in [0.15, 0.2) is 11.5 Å². The third-order valence-corrected chi connectivity index (χ3v) is 4.53. The van der Waals surface area contributed by atoms with Crippen LogP contribution < -0.4 is 20.1 Å². The molecule has 2 N–H and O–H groups in total. The van der Waals surface area contributed by atoms with Gasteiger partial charge in [0.1, 0.15) is 13.2 Å². The van der Waals surface area contributed by atoms with Crippen molar-refractivity contribution in [1.29, 1.82) is 0 Å². The molecule has 2 aliphatic heterocycles. The van der Waals surface area contributed by atoms with Gasteiger partial charge in [-0.15, -0.1) is 0 Å². The monoisotopic (exact) mass is 347 g/mol. The number of nitrogens with one attached hydrogen (secondary N) is 2. The van der Waals surface area contributed by atoms with Gasteiger partial charge in [-0.25, -0.2) is 4.79 Å². The predicted molar refractivity (Wildman–Crippen MR) is 92.8 cm³/mol. The van der Waals surface area contributed by atoms with E-state index in [1.165, 1.54) is 0 Å². The molecule has 1 saturated heterocycles. The second-order valence-electron chi connectivity index (χ2n) is 6.78. The lowest BCUT2D eigenvalue weighted by atomic mass is 10.1. The molecule has 1 fully saturated rings. The van der Waals surface area contributed by atoms with Gasteiger partial charge in [-0.1, -0.05) is 6.07 Å². The lowest BCUT2D eigenvalue weighted by Gasteiger charge is -2.22. The summed E-state index contributed by atoms with van der Waals surface area (Å²) < 4.78 is 11.1. The zero-order valence-electron chi connectivity index (χ0n) is 14.9. The second kappa shape index (κ2) is 7.21. The number of amides is 3. The van der Waals surface area contributed by atoms with Crippen LogP contribution in [0.15, 0.2) is 18.2 Å². The molecular formula is C18H25N3O4. The van der Waals surface area contributed by atoms with E-state index in [1.807, 2.05) is 39.0 Å². The standard InChI is InChI=1S/C18H25N3O4/c1-11(2)21-10-14(9-17(21)22)20-18(23)19-12(3)13-4-5-15-16(8-13)25-7-6-24-15/h4-5,8,11-12,14H,6-7,9-10H2,1-3H3,(H2,19,20,23)/t12-,14-/m0/s1.